The second-order valence-electron chi connectivity index (χ2n) is 7.78. The summed E-state index contributed by atoms with van der Waals surface area (Å²) in [4.78, 5) is 28.5. The van der Waals surface area contributed by atoms with Gasteiger partial charge in [-0.05, 0) is 62.0 Å². The highest BCUT2D eigenvalue weighted by Gasteiger charge is 2.30. The smallest absolute Gasteiger partial charge is 0.374 e. The fourth-order valence-electron chi connectivity index (χ4n) is 3.59. The maximum Gasteiger partial charge on any atom is 0.416 e. The third kappa shape index (κ3) is 5.35. The molecule has 9 heteroatoms. The maximum absolute atomic E-state index is 12.6. The number of hydrogen-bond donors (Lipinski definition) is 2. The molecule has 6 nitrogen and oxygen atoms in total. The van der Waals surface area contributed by atoms with Gasteiger partial charge in [-0.3, -0.25) is 9.59 Å². The fraction of sp³-hybridized carbons (Fsp3) is 0.364. The molecule has 2 amide bonds. The van der Waals surface area contributed by atoms with Crippen molar-refractivity contribution in [3.05, 3.63) is 59.2 Å². The highest BCUT2D eigenvalue weighted by Crippen LogP contribution is 2.31. The number of nitrogens with one attached hydrogen (secondary N) is 2. The summed E-state index contributed by atoms with van der Waals surface area (Å²) in [6.45, 7) is 1.17. The monoisotopic (exact) mass is 434 g/mol. The van der Waals surface area contributed by atoms with Crippen LogP contribution in [-0.4, -0.2) is 50.9 Å². The van der Waals surface area contributed by atoms with Gasteiger partial charge in [-0.1, -0.05) is 12.1 Å². The van der Waals surface area contributed by atoms with E-state index in [9.17, 15) is 22.8 Å². The van der Waals surface area contributed by atoms with Gasteiger partial charge < -0.3 is 20.4 Å². The molecular weight excluding hydrogens is 409 g/mol. The van der Waals surface area contributed by atoms with E-state index >= 15 is 0 Å². The Hall–Kier alpha value is -3.07. The molecular formula is C22H25F3N4O2. The van der Waals surface area contributed by atoms with Crippen molar-refractivity contribution in [1.82, 2.24) is 10.2 Å². The molecule has 0 saturated carbocycles. The number of halogens is 3. The first-order chi connectivity index (χ1) is 14.6. The van der Waals surface area contributed by atoms with Crippen LogP contribution in [-0.2, 0) is 22.2 Å². The summed E-state index contributed by atoms with van der Waals surface area (Å²) in [5.74, 6) is -1.79. The number of benzene rings is 2. The second kappa shape index (κ2) is 8.97. The van der Waals surface area contributed by atoms with E-state index in [-0.39, 0.29) is 18.3 Å². The van der Waals surface area contributed by atoms with Crippen molar-refractivity contribution in [1.29, 1.82) is 0 Å². The number of nitrogens with zero attached hydrogens (tertiary/aromatic N) is 2. The lowest BCUT2D eigenvalue weighted by Gasteiger charge is -2.26. The Morgan fingerprint density at radius 2 is 1.77 bits per heavy atom. The molecule has 0 unspecified atom stereocenters. The third-order valence-corrected chi connectivity index (χ3v) is 5.37. The van der Waals surface area contributed by atoms with Crippen molar-refractivity contribution < 1.29 is 22.8 Å². The number of amides is 2. The van der Waals surface area contributed by atoms with Gasteiger partial charge in [0.15, 0.2) is 0 Å². The van der Waals surface area contributed by atoms with Gasteiger partial charge in [0.1, 0.15) is 0 Å². The van der Waals surface area contributed by atoms with Crippen molar-refractivity contribution in [3.8, 4) is 0 Å². The summed E-state index contributed by atoms with van der Waals surface area (Å²) in [5, 5.41) is 4.93. The Morgan fingerprint density at radius 1 is 1.10 bits per heavy atom. The van der Waals surface area contributed by atoms with Crippen LogP contribution in [0.3, 0.4) is 0 Å². The summed E-state index contributed by atoms with van der Waals surface area (Å²) in [6, 6.07) is 9.97. The number of alkyl halides is 3. The molecule has 2 aromatic carbocycles. The van der Waals surface area contributed by atoms with E-state index in [1.807, 2.05) is 32.1 Å². The first-order valence-electron chi connectivity index (χ1n) is 9.83. The number of carbonyl (C=O) groups is 2. The number of rotatable bonds is 5. The van der Waals surface area contributed by atoms with Crippen LogP contribution >= 0.6 is 0 Å². The molecule has 0 spiro atoms. The van der Waals surface area contributed by atoms with E-state index in [1.54, 1.807) is 0 Å². The van der Waals surface area contributed by atoms with E-state index in [4.69, 9.17) is 0 Å². The number of carbonyl (C=O) groups excluding carboxylic acids is 2. The molecule has 0 bridgehead atoms. The van der Waals surface area contributed by atoms with Crippen molar-refractivity contribution in [2.45, 2.75) is 18.6 Å². The minimum atomic E-state index is -4.46. The van der Waals surface area contributed by atoms with E-state index in [0.717, 1.165) is 42.8 Å². The van der Waals surface area contributed by atoms with Gasteiger partial charge in [0.25, 0.3) is 0 Å². The van der Waals surface area contributed by atoms with Crippen molar-refractivity contribution >= 4 is 23.2 Å². The molecule has 2 N–H and O–H groups in total. The van der Waals surface area contributed by atoms with Gasteiger partial charge in [-0.15, -0.1) is 0 Å². The average Bonchev–Trinajstić information content (AvgIpc) is 3.07. The Labute approximate surface area is 179 Å². The Kier molecular flexibility index (Phi) is 6.54. The molecule has 0 radical (unpaired) electrons. The zero-order chi connectivity index (χ0) is 22.8. The van der Waals surface area contributed by atoms with Crippen LogP contribution < -0.4 is 15.5 Å². The van der Waals surface area contributed by atoms with Gasteiger partial charge in [0.05, 0.1) is 11.6 Å². The average molecular weight is 434 g/mol. The molecule has 0 aliphatic carbocycles. The van der Waals surface area contributed by atoms with Gasteiger partial charge in [0, 0.05) is 31.5 Å². The molecule has 0 fully saturated rings. The number of hydrogen-bond acceptors (Lipinski definition) is 4. The molecule has 1 atom stereocenters. The summed E-state index contributed by atoms with van der Waals surface area (Å²) >= 11 is 0. The molecule has 1 aliphatic rings. The standard InChI is InChI=1S/C22H25F3N4O2/c1-28(2)19(14-4-9-18-15(12-14)10-11-29(18)3)13-26-20(30)21(31)27-17-7-5-16(6-8-17)22(23,24)25/h4-9,12,19H,10-11,13H2,1-3H3,(H,26,30)(H,27,31)/t19-/m1/s1. The lowest BCUT2D eigenvalue weighted by atomic mass is 10.0. The van der Waals surface area contributed by atoms with Crippen molar-refractivity contribution in [2.24, 2.45) is 0 Å². The Morgan fingerprint density at radius 3 is 2.39 bits per heavy atom. The summed E-state index contributed by atoms with van der Waals surface area (Å²) in [5.41, 5.74) is 2.76. The van der Waals surface area contributed by atoms with Crippen LogP contribution in [0.5, 0.6) is 0 Å². The summed E-state index contributed by atoms with van der Waals surface area (Å²) in [7, 11) is 5.82. The SMILES string of the molecule is CN1CCc2cc([C@@H](CNC(=O)C(=O)Nc3ccc(C(F)(F)F)cc3)N(C)C)ccc21. The lowest BCUT2D eigenvalue weighted by Crippen LogP contribution is -2.40. The minimum Gasteiger partial charge on any atom is -0.374 e. The molecule has 166 valence electrons. The topological polar surface area (TPSA) is 64.7 Å². The lowest BCUT2D eigenvalue weighted by molar-refractivity contribution is -0.137. The van der Waals surface area contributed by atoms with Crippen LogP contribution in [0.4, 0.5) is 24.5 Å². The predicted molar refractivity (Wildman–Crippen MR) is 113 cm³/mol. The second-order valence-corrected chi connectivity index (χ2v) is 7.78. The Balaban J connectivity index is 1.60. The zero-order valence-electron chi connectivity index (χ0n) is 17.6. The molecule has 0 aromatic heterocycles. The van der Waals surface area contributed by atoms with Crippen LogP contribution in [0, 0.1) is 0 Å². The zero-order valence-corrected chi connectivity index (χ0v) is 17.6. The number of anilines is 2. The quantitative estimate of drug-likeness (QED) is 0.710. The first kappa shape index (κ1) is 22.6. The molecule has 1 aliphatic heterocycles. The highest BCUT2D eigenvalue weighted by atomic mass is 19.4. The molecule has 3 rings (SSSR count). The van der Waals surface area contributed by atoms with E-state index < -0.39 is 23.6 Å². The molecule has 2 aromatic rings. The number of fused-ring (bicyclic) bond motifs is 1. The molecule has 31 heavy (non-hydrogen) atoms. The highest BCUT2D eigenvalue weighted by molar-refractivity contribution is 6.39. The predicted octanol–water partition coefficient (Wildman–Crippen LogP) is 3.06. The van der Waals surface area contributed by atoms with Crippen molar-refractivity contribution in [3.63, 3.8) is 0 Å². The van der Waals surface area contributed by atoms with Crippen LogP contribution in [0.2, 0.25) is 0 Å². The van der Waals surface area contributed by atoms with Crippen LogP contribution in [0.25, 0.3) is 0 Å². The maximum atomic E-state index is 12.6. The van der Waals surface area contributed by atoms with Crippen LogP contribution in [0.15, 0.2) is 42.5 Å². The van der Waals surface area contributed by atoms with Crippen molar-refractivity contribution in [2.75, 3.05) is 44.4 Å². The third-order valence-electron chi connectivity index (χ3n) is 5.37. The van der Waals surface area contributed by atoms with Gasteiger partial charge in [-0.25, -0.2) is 0 Å². The van der Waals surface area contributed by atoms with Gasteiger partial charge in [0.2, 0.25) is 0 Å². The summed E-state index contributed by atoms with van der Waals surface area (Å²) in [6.07, 6.45) is -3.50. The van der Waals surface area contributed by atoms with E-state index in [1.165, 1.54) is 11.3 Å². The van der Waals surface area contributed by atoms with E-state index in [0.29, 0.717) is 0 Å². The number of likely N-dealkylation sites (N-methyl/N-ethyl adjacent to an activating group) is 2. The minimum absolute atomic E-state index is 0.111. The van der Waals surface area contributed by atoms with Gasteiger partial charge in [-0.2, -0.15) is 13.2 Å². The Bertz CT molecular complexity index is 958. The summed E-state index contributed by atoms with van der Waals surface area (Å²) < 4.78 is 37.9. The fourth-order valence-corrected chi connectivity index (χ4v) is 3.59. The van der Waals surface area contributed by atoms with E-state index in [2.05, 4.69) is 27.7 Å². The van der Waals surface area contributed by atoms with Crippen LogP contribution in [0.1, 0.15) is 22.7 Å². The normalized spacial score (nSPS) is 14.4. The molecule has 1 heterocycles. The molecule has 0 saturated heterocycles. The first-order valence-corrected chi connectivity index (χ1v) is 9.83. The van der Waals surface area contributed by atoms with Gasteiger partial charge >= 0.3 is 18.0 Å². The largest absolute Gasteiger partial charge is 0.416 e.